The van der Waals surface area contributed by atoms with Gasteiger partial charge >= 0.3 is 0 Å². The summed E-state index contributed by atoms with van der Waals surface area (Å²) in [6, 6.07) is 0. The lowest BCUT2D eigenvalue weighted by Gasteiger charge is -1.99. The lowest BCUT2D eigenvalue weighted by Crippen LogP contribution is -2.07. The predicted molar refractivity (Wildman–Crippen MR) is 38.0 cm³/mol. The zero-order valence-electron chi connectivity index (χ0n) is 6.18. The van der Waals surface area contributed by atoms with E-state index in [9.17, 15) is 4.79 Å². The standard InChI is InChI=1S/C7H11NO2/c1-3-5(2)6-4-10-8-7(6)9/h4-5H,3H2,1-2H3,(H,8,9). The lowest BCUT2D eigenvalue weighted by atomic mass is 10.0. The van der Waals surface area contributed by atoms with Crippen molar-refractivity contribution in [2.75, 3.05) is 0 Å². The maximum absolute atomic E-state index is 10.9. The molecular formula is C7H11NO2. The SMILES string of the molecule is CCC(C)c1co[nH]c1=O. The number of hydrogen-bond acceptors (Lipinski definition) is 2. The van der Waals surface area contributed by atoms with E-state index < -0.39 is 0 Å². The highest BCUT2D eigenvalue weighted by molar-refractivity contribution is 5.06. The average molecular weight is 141 g/mol. The van der Waals surface area contributed by atoms with Gasteiger partial charge in [-0.1, -0.05) is 13.8 Å². The van der Waals surface area contributed by atoms with Crippen LogP contribution in [0.25, 0.3) is 0 Å². The number of H-pyrrole nitrogens is 1. The molecule has 0 amide bonds. The molecule has 56 valence electrons. The summed E-state index contributed by atoms with van der Waals surface area (Å²) in [7, 11) is 0. The average Bonchev–Trinajstić information content (AvgIpc) is 2.34. The summed E-state index contributed by atoms with van der Waals surface area (Å²) in [5.74, 6) is 0.294. The second kappa shape index (κ2) is 2.73. The van der Waals surface area contributed by atoms with Crippen LogP contribution in [0.3, 0.4) is 0 Å². The van der Waals surface area contributed by atoms with Crippen molar-refractivity contribution in [2.24, 2.45) is 0 Å². The fourth-order valence-electron chi connectivity index (χ4n) is 0.819. The minimum atomic E-state index is -0.102. The van der Waals surface area contributed by atoms with Gasteiger partial charge in [0.25, 0.3) is 5.56 Å². The van der Waals surface area contributed by atoms with E-state index in [2.05, 4.69) is 9.68 Å². The molecule has 0 saturated carbocycles. The first-order chi connectivity index (χ1) is 4.75. The van der Waals surface area contributed by atoms with Crippen molar-refractivity contribution in [1.29, 1.82) is 0 Å². The maximum atomic E-state index is 10.9. The van der Waals surface area contributed by atoms with Crippen molar-refractivity contribution in [3.8, 4) is 0 Å². The van der Waals surface area contributed by atoms with E-state index in [1.165, 1.54) is 6.26 Å². The molecule has 1 heterocycles. The van der Waals surface area contributed by atoms with E-state index in [0.717, 1.165) is 12.0 Å². The monoisotopic (exact) mass is 141 g/mol. The Kier molecular flexibility index (Phi) is 1.94. The highest BCUT2D eigenvalue weighted by atomic mass is 16.5. The van der Waals surface area contributed by atoms with Gasteiger partial charge in [0.2, 0.25) is 0 Å². The summed E-state index contributed by atoms with van der Waals surface area (Å²) in [5, 5.41) is 2.25. The number of aromatic amines is 1. The van der Waals surface area contributed by atoms with E-state index in [-0.39, 0.29) is 5.56 Å². The van der Waals surface area contributed by atoms with Gasteiger partial charge in [0, 0.05) is 0 Å². The van der Waals surface area contributed by atoms with Crippen molar-refractivity contribution in [2.45, 2.75) is 26.2 Å². The first kappa shape index (κ1) is 7.12. The van der Waals surface area contributed by atoms with E-state index >= 15 is 0 Å². The van der Waals surface area contributed by atoms with Crippen LogP contribution in [0.2, 0.25) is 0 Å². The Morgan fingerprint density at radius 2 is 2.50 bits per heavy atom. The Labute approximate surface area is 59.0 Å². The van der Waals surface area contributed by atoms with Gasteiger partial charge in [-0.25, -0.2) is 0 Å². The summed E-state index contributed by atoms with van der Waals surface area (Å²) in [4.78, 5) is 10.9. The second-order valence-corrected chi connectivity index (χ2v) is 2.43. The molecule has 3 nitrogen and oxygen atoms in total. The summed E-state index contributed by atoms with van der Waals surface area (Å²) >= 11 is 0. The number of hydrogen-bond donors (Lipinski definition) is 1. The zero-order chi connectivity index (χ0) is 7.56. The normalized spacial score (nSPS) is 13.4. The van der Waals surface area contributed by atoms with Crippen LogP contribution in [0.15, 0.2) is 15.6 Å². The molecule has 0 aliphatic heterocycles. The van der Waals surface area contributed by atoms with Crippen molar-refractivity contribution >= 4 is 0 Å². The molecule has 1 aromatic heterocycles. The van der Waals surface area contributed by atoms with Gasteiger partial charge in [-0.3, -0.25) is 4.79 Å². The van der Waals surface area contributed by atoms with Gasteiger partial charge in [0.05, 0.1) is 5.56 Å². The van der Waals surface area contributed by atoms with Gasteiger partial charge in [0.1, 0.15) is 6.26 Å². The second-order valence-electron chi connectivity index (χ2n) is 2.43. The molecule has 10 heavy (non-hydrogen) atoms. The number of rotatable bonds is 2. The topological polar surface area (TPSA) is 46.0 Å². The van der Waals surface area contributed by atoms with Crippen LogP contribution in [0.4, 0.5) is 0 Å². The molecule has 0 bridgehead atoms. The quantitative estimate of drug-likeness (QED) is 0.678. The van der Waals surface area contributed by atoms with Gasteiger partial charge in [-0.05, 0) is 12.3 Å². The van der Waals surface area contributed by atoms with Crippen LogP contribution >= 0.6 is 0 Å². The molecule has 0 aliphatic carbocycles. The Balaban J connectivity index is 2.93. The molecule has 1 aromatic rings. The Hall–Kier alpha value is -0.990. The first-order valence-electron chi connectivity index (χ1n) is 3.41. The maximum Gasteiger partial charge on any atom is 0.283 e. The molecule has 0 spiro atoms. The summed E-state index contributed by atoms with van der Waals surface area (Å²) in [6.45, 7) is 4.04. The van der Waals surface area contributed by atoms with Crippen LogP contribution in [0.1, 0.15) is 31.7 Å². The molecule has 1 unspecified atom stereocenters. The van der Waals surface area contributed by atoms with Gasteiger partial charge in [0.15, 0.2) is 0 Å². The summed E-state index contributed by atoms with van der Waals surface area (Å²) < 4.78 is 4.63. The molecule has 0 radical (unpaired) electrons. The summed E-state index contributed by atoms with van der Waals surface area (Å²) in [6.07, 6.45) is 2.44. The Bertz CT molecular complexity index is 248. The highest BCUT2D eigenvalue weighted by Gasteiger charge is 2.08. The first-order valence-corrected chi connectivity index (χ1v) is 3.41. The minimum Gasteiger partial charge on any atom is -0.387 e. The molecule has 0 saturated heterocycles. The third-order valence-electron chi connectivity index (χ3n) is 1.74. The van der Waals surface area contributed by atoms with Gasteiger partial charge < -0.3 is 4.52 Å². The molecular weight excluding hydrogens is 130 g/mol. The fraction of sp³-hybridized carbons (Fsp3) is 0.571. The highest BCUT2D eigenvalue weighted by Crippen LogP contribution is 2.12. The van der Waals surface area contributed by atoms with Crippen molar-refractivity contribution in [3.63, 3.8) is 0 Å². The van der Waals surface area contributed by atoms with Gasteiger partial charge in [-0.2, -0.15) is 5.16 Å². The fourth-order valence-corrected chi connectivity index (χ4v) is 0.819. The summed E-state index contributed by atoms with van der Waals surface area (Å²) in [5.41, 5.74) is 0.636. The van der Waals surface area contributed by atoms with Crippen LogP contribution in [0.5, 0.6) is 0 Å². The van der Waals surface area contributed by atoms with Crippen LogP contribution < -0.4 is 5.56 Å². The van der Waals surface area contributed by atoms with Crippen LogP contribution in [-0.4, -0.2) is 5.16 Å². The third-order valence-corrected chi connectivity index (χ3v) is 1.74. The molecule has 0 fully saturated rings. The molecule has 3 heteroatoms. The van der Waals surface area contributed by atoms with Crippen LogP contribution in [0, 0.1) is 0 Å². The van der Waals surface area contributed by atoms with Crippen LogP contribution in [-0.2, 0) is 0 Å². The Morgan fingerprint density at radius 3 is 2.90 bits per heavy atom. The van der Waals surface area contributed by atoms with Crippen molar-refractivity contribution in [3.05, 3.63) is 22.2 Å². The molecule has 1 rings (SSSR count). The number of nitrogens with one attached hydrogen (secondary N) is 1. The molecule has 1 N–H and O–H groups in total. The van der Waals surface area contributed by atoms with Crippen molar-refractivity contribution in [1.82, 2.24) is 5.16 Å². The lowest BCUT2D eigenvalue weighted by molar-refractivity contribution is 0.412. The molecule has 1 atom stereocenters. The molecule has 0 aliphatic rings. The predicted octanol–water partition coefficient (Wildman–Crippen LogP) is 1.48. The van der Waals surface area contributed by atoms with Crippen molar-refractivity contribution < 1.29 is 4.52 Å². The van der Waals surface area contributed by atoms with E-state index in [1.807, 2.05) is 13.8 Å². The van der Waals surface area contributed by atoms with E-state index in [0.29, 0.717) is 5.92 Å². The largest absolute Gasteiger partial charge is 0.387 e. The molecule has 0 aromatic carbocycles. The van der Waals surface area contributed by atoms with E-state index in [1.54, 1.807) is 0 Å². The zero-order valence-corrected chi connectivity index (χ0v) is 6.18. The smallest absolute Gasteiger partial charge is 0.283 e. The third kappa shape index (κ3) is 1.12. The van der Waals surface area contributed by atoms with E-state index in [4.69, 9.17) is 0 Å². The van der Waals surface area contributed by atoms with Gasteiger partial charge in [-0.15, -0.1) is 0 Å². The minimum absolute atomic E-state index is 0.102. The number of aromatic nitrogens is 1. The Morgan fingerprint density at radius 1 is 1.80 bits per heavy atom.